The Hall–Kier alpha value is -1.81. The molecule has 0 aliphatic carbocycles. The van der Waals surface area contributed by atoms with Gasteiger partial charge in [-0.05, 0) is 36.8 Å². The summed E-state index contributed by atoms with van der Waals surface area (Å²) in [5.74, 6) is 0.568. The largest absolute Gasteiger partial charge is 0.484 e. The fraction of sp³-hybridized carbons (Fsp3) is 0.188. The van der Waals surface area contributed by atoms with Crippen molar-refractivity contribution in [3.63, 3.8) is 0 Å². The summed E-state index contributed by atoms with van der Waals surface area (Å²) >= 11 is 3.40. The van der Waals surface area contributed by atoms with E-state index in [1.54, 1.807) is 0 Å². The number of carbonyl (C=O) groups excluding carboxylic acids is 1. The first-order valence-electron chi connectivity index (χ1n) is 6.34. The topological polar surface area (TPSA) is 38.3 Å². The van der Waals surface area contributed by atoms with Crippen LogP contribution in [-0.4, -0.2) is 12.5 Å². The van der Waals surface area contributed by atoms with Gasteiger partial charge in [-0.15, -0.1) is 0 Å². The molecule has 0 bridgehead atoms. The van der Waals surface area contributed by atoms with E-state index >= 15 is 0 Å². The molecular weight excluding hydrogens is 318 g/mol. The van der Waals surface area contributed by atoms with Crippen LogP contribution in [0, 0.1) is 6.92 Å². The molecule has 2 aromatic rings. The zero-order valence-corrected chi connectivity index (χ0v) is 12.8. The number of nitrogens with one attached hydrogen (secondary N) is 1. The molecule has 3 nitrogen and oxygen atoms in total. The summed E-state index contributed by atoms with van der Waals surface area (Å²) < 4.78 is 6.41. The van der Waals surface area contributed by atoms with Crippen molar-refractivity contribution in [3.8, 4) is 5.75 Å². The minimum Gasteiger partial charge on any atom is -0.484 e. The van der Waals surface area contributed by atoms with Crippen LogP contribution in [0.15, 0.2) is 53.0 Å². The van der Waals surface area contributed by atoms with Gasteiger partial charge in [-0.3, -0.25) is 4.79 Å². The number of rotatable bonds is 5. The van der Waals surface area contributed by atoms with Crippen molar-refractivity contribution >= 4 is 21.8 Å². The van der Waals surface area contributed by atoms with Crippen molar-refractivity contribution in [2.24, 2.45) is 0 Å². The minimum absolute atomic E-state index is 0.0249. The Balaban J connectivity index is 1.77. The highest BCUT2D eigenvalue weighted by Gasteiger charge is 2.03. The molecule has 0 fully saturated rings. The first kappa shape index (κ1) is 14.6. The maximum Gasteiger partial charge on any atom is 0.258 e. The smallest absolute Gasteiger partial charge is 0.258 e. The Morgan fingerprint density at radius 3 is 2.65 bits per heavy atom. The second-order valence-corrected chi connectivity index (χ2v) is 5.42. The molecule has 1 amide bonds. The normalized spacial score (nSPS) is 10.1. The Kier molecular flexibility index (Phi) is 5.18. The van der Waals surface area contributed by atoms with Crippen molar-refractivity contribution in [3.05, 3.63) is 64.1 Å². The number of carbonyl (C=O) groups is 1. The lowest BCUT2D eigenvalue weighted by atomic mass is 10.2. The number of ether oxygens (including phenoxy) is 1. The Morgan fingerprint density at radius 2 is 1.95 bits per heavy atom. The lowest BCUT2D eigenvalue weighted by molar-refractivity contribution is -0.123. The Bertz CT molecular complexity index is 581. The summed E-state index contributed by atoms with van der Waals surface area (Å²) in [5, 5.41) is 2.82. The molecule has 4 heteroatoms. The molecule has 2 rings (SSSR count). The van der Waals surface area contributed by atoms with Gasteiger partial charge in [-0.25, -0.2) is 0 Å². The van der Waals surface area contributed by atoms with Gasteiger partial charge in [-0.1, -0.05) is 45.8 Å². The van der Waals surface area contributed by atoms with Gasteiger partial charge >= 0.3 is 0 Å². The van der Waals surface area contributed by atoms with Crippen LogP contribution < -0.4 is 10.1 Å². The third-order valence-electron chi connectivity index (χ3n) is 2.77. The molecule has 1 N–H and O–H groups in total. The molecule has 2 aromatic carbocycles. The zero-order chi connectivity index (χ0) is 14.4. The van der Waals surface area contributed by atoms with E-state index in [9.17, 15) is 4.79 Å². The standard InChI is InChI=1S/C16H16BrNO2/c1-12-5-7-15(8-6-12)20-11-16(19)18-10-13-3-2-4-14(17)9-13/h2-9H,10-11H2,1H3,(H,18,19). The van der Waals surface area contributed by atoms with Gasteiger partial charge in [0, 0.05) is 11.0 Å². The van der Waals surface area contributed by atoms with Crippen molar-refractivity contribution < 1.29 is 9.53 Å². The van der Waals surface area contributed by atoms with Crippen LogP contribution in [0.5, 0.6) is 5.75 Å². The second kappa shape index (κ2) is 7.10. The van der Waals surface area contributed by atoms with Crippen LogP contribution in [0.25, 0.3) is 0 Å². The summed E-state index contributed by atoms with van der Waals surface area (Å²) in [7, 11) is 0. The summed E-state index contributed by atoms with van der Waals surface area (Å²) in [5.41, 5.74) is 2.21. The van der Waals surface area contributed by atoms with E-state index in [0.717, 1.165) is 15.6 Å². The van der Waals surface area contributed by atoms with E-state index in [-0.39, 0.29) is 12.5 Å². The zero-order valence-electron chi connectivity index (χ0n) is 11.2. The van der Waals surface area contributed by atoms with Gasteiger partial charge in [-0.2, -0.15) is 0 Å². The minimum atomic E-state index is -0.134. The van der Waals surface area contributed by atoms with Crippen LogP contribution in [0.3, 0.4) is 0 Å². The fourth-order valence-electron chi connectivity index (χ4n) is 1.68. The third-order valence-corrected chi connectivity index (χ3v) is 3.26. The van der Waals surface area contributed by atoms with Gasteiger partial charge in [0.2, 0.25) is 0 Å². The van der Waals surface area contributed by atoms with Crippen LogP contribution in [-0.2, 0) is 11.3 Å². The predicted octanol–water partition coefficient (Wildman–Crippen LogP) is 3.45. The number of amides is 1. The molecule has 0 unspecified atom stereocenters. The monoisotopic (exact) mass is 333 g/mol. The Morgan fingerprint density at radius 1 is 1.20 bits per heavy atom. The molecule has 0 spiro atoms. The highest BCUT2D eigenvalue weighted by molar-refractivity contribution is 9.10. The number of aryl methyl sites for hydroxylation is 1. The Labute approximate surface area is 127 Å². The molecule has 104 valence electrons. The molecule has 20 heavy (non-hydrogen) atoms. The van der Waals surface area contributed by atoms with Crippen LogP contribution in [0.4, 0.5) is 0 Å². The highest BCUT2D eigenvalue weighted by atomic mass is 79.9. The van der Waals surface area contributed by atoms with Crippen LogP contribution in [0.1, 0.15) is 11.1 Å². The fourth-order valence-corrected chi connectivity index (χ4v) is 2.13. The predicted molar refractivity (Wildman–Crippen MR) is 82.7 cm³/mol. The molecule has 0 atom stereocenters. The molecule has 0 aromatic heterocycles. The van der Waals surface area contributed by atoms with E-state index in [4.69, 9.17) is 4.74 Å². The molecule has 0 aliphatic rings. The lowest BCUT2D eigenvalue weighted by Crippen LogP contribution is -2.28. The maximum absolute atomic E-state index is 11.7. The number of hydrogen-bond acceptors (Lipinski definition) is 2. The van der Waals surface area contributed by atoms with Gasteiger partial charge < -0.3 is 10.1 Å². The van der Waals surface area contributed by atoms with Crippen molar-refractivity contribution in [2.75, 3.05) is 6.61 Å². The average molecular weight is 334 g/mol. The second-order valence-electron chi connectivity index (χ2n) is 4.51. The SMILES string of the molecule is Cc1ccc(OCC(=O)NCc2cccc(Br)c2)cc1. The first-order valence-corrected chi connectivity index (χ1v) is 7.13. The lowest BCUT2D eigenvalue weighted by Gasteiger charge is -2.08. The van der Waals surface area contributed by atoms with Gasteiger partial charge in [0.25, 0.3) is 5.91 Å². The summed E-state index contributed by atoms with van der Waals surface area (Å²) in [6, 6.07) is 15.4. The number of halogens is 1. The van der Waals surface area contributed by atoms with Gasteiger partial charge in [0.1, 0.15) is 5.75 Å². The van der Waals surface area contributed by atoms with Gasteiger partial charge in [0.05, 0.1) is 0 Å². The quantitative estimate of drug-likeness (QED) is 0.910. The summed E-state index contributed by atoms with van der Waals surface area (Å²) in [6.45, 7) is 2.53. The van der Waals surface area contributed by atoms with Crippen molar-refractivity contribution in [1.29, 1.82) is 0 Å². The maximum atomic E-state index is 11.7. The van der Waals surface area contributed by atoms with Crippen LogP contribution in [0.2, 0.25) is 0 Å². The number of benzene rings is 2. The van der Waals surface area contributed by atoms with Crippen LogP contribution >= 0.6 is 15.9 Å². The average Bonchev–Trinajstić information content (AvgIpc) is 2.45. The molecule has 0 aliphatic heterocycles. The van der Waals surface area contributed by atoms with E-state index in [1.165, 1.54) is 0 Å². The molecule has 0 saturated heterocycles. The number of hydrogen-bond donors (Lipinski definition) is 1. The van der Waals surface area contributed by atoms with Crippen molar-refractivity contribution in [1.82, 2.24) is 5.32 Å². The third kappa shape index (κ3) is 4.70. The molecule has 0 heterocycles. The first-order chi connectivity index (χ1) is 9.63. The highest BCUT2D eigenvalue weighted by Crippen LogP contribution is 2.12. The van der Waals surface area contributed by atoms with E-state index in [0.29, 0.717) is 12.3 Å². The summed E-state index contributed by atoms with van der Waals surface area (Å²) in [6.07, 6.45) is 0. The van der Waals surface area contributed by atoms with E-state index < -0.39 is 0 Å². The summed E-state index contributed by atoms with van der Waals surface area (Å²) in [4.78, 5) is 11.7. The van der Waals surface area contributed by atoms with E-state index in [2.05, 4.69) is 21.2 Å². The van der Waals surface area contributed by atoms with Crippen molar-refractivity contribution in [2.45, 2.75) is 13.5 Å². The van der Waals surface area contributed by atoms with E-state index in [1.807, 2.05) is 55.5 Å². The van der Waals surface area contributed by atoms with Gasteiger partial charge in [0.15, 0.2) is 6.61 Å². The molecular formula is C16H16BrNO2. The molecule has 0 saturated carbocycles. The molecule has 0 radical (unpaired) electrons.